The second-order valence-corrected chi connectivity index (χ2v) is 8.56. The molecule has 0 aliphatic rings. The van der Waals surface area contributed by atoms with Crippen LogP contribution in [0.4, 0.5) is 5.13 Å². The topological polar surface area (TPSA) is 87.9 Å². The van der Waals surface area contributed by atoms with Gasteiger partial charge < -0.3 is 10.1 Å². The number of anilines is 1. The molecule has 28 heavy (non-hydrogen) atoms. The van der Waals surface area contributed by atoms with Crippen molar-refractivity contribution < 1.29 is 9.53 Å². The molecule has 0 saturated carbocycles. The summed E-state index contributed by atoms with van der Waals surface area (Å²) in [6.07, 6.45) is 0. The van der Waals surface area contributed by atoms with Crippen LogP contribution in [-0.4, -0.2) is 27.7 Å². The SMILES string of the molecule is CCOc1ccc2nc(NC(=O)C(C)Sc3nc(C)cc(C)c3C#N)sc2c1. The molecule has 3 aromatic rings. The van der Waals surface area contributed by atoms with Crippen LogP contribution in [0.25, 0.3) is 10.2 Å². The number of fused-ring (bicyclic) bond motifs is 1. The number of amides is 1. The zero-order valence-electron chi connectivity index (χ0n) is 16.1. The van der Waals surface area contributed by atoms with E-state index in [-0.39, 0.29) is 5.91 Å². The molecule has 0 radical (unpaired) electrons. The van der Waals surface area contributed by atoms with Gasteiger partial charge in [0.1, 0.15) is 16.8 Å². The fraction of sp³-hybridized carbons (Fsp3) is 0.300. The Labute approximate surface area is 172 Å². The Morgan fingerprint density at radius 2 is 2.14 bits per heavy atom. The number of carbonyl (C=O) groups is 1. The minimum absolute atomic E-state index is 0.182. The molecule has 0 aliphatic carbocycles. The maximum atomic E-state index is 12.6. The van der Waals surface area contributed by atoms with E-state index in [0.29, 0.717) is 22.3 Å². The van der Waals surface area contributed by atoms with Gasteiger partial charge in [-0.3, -0.25) is 4.79 Å². The Balaban J connectivity index is 1.74. The standard InChI is InChI=1S/C20H20N4O2S2/c1-5-26-14-6-7-16-17(9-14)28-20(23-16)24-18(25)13(4)27-19-15(10-21)11(2)8-12(3)22-19/h6-9,13H,5H2,1-4H3,(H,23,24,25). The van der Waals surface area contributed by atoms with E-state index in [1.165, 1.54) is 23.1 Å². The predicted octanol–water partition coefficient (Wildman–Crippen LogP) is 4.70. The molecule has 0 saturated heterocycles. The van der Waals surface area contributed by atoms with Crippen molar-refractivity contribution in [2.24, 2.45) is 0 Å². The molecule has 1 amide bonds. The van der Waals surface area contributed by atoms with Gasteiger partial charge in [0.15, 0.2) is 5.13 Å². The maximum absolute atomic E-state index is 12.6. The number of carbonyl (C=O) groups excluding carboxylic acids is 1. The van der Waals surface area contributed by atoms with Crippen LogP contribution in [0.1, 0.15) is 30.7 Å². The number of hydrogen-bond acceptors (Lipinski definition) is 7. The van der Waals surface area contributed by atoms with E-state index in [9.17, 15) is 10.1 Å². The number of nitrogens with zero attached hydrogens (tertiary/aromatic N) is 3. The van der Waals surface area contributed by atoms with Crippen LogP contribution in [0, 0.1) is 25.2 Å². The Hall–Kier alpha value is -2.63. The first-order chi connectivity index (χ1) is 13.4. The first kappa shape index (κ1) is 20.1. The third-order valence-corrected chi connectivity index (χ3v) is 6.00. The number of benzene rings is 1. The van der Waals surface area contributed by atoms with Crippen molar-refractivity contribution >= 4 is 44.4 Å². The van der Waals surface area contributed by atoms with E-state index in [4.69, 9.17) is 4.74 Å². The predicted molar refractivity (Wildman–Crippen MR) is 113 cm³/mol. The molecule has 2 aromatic heterocycles. The molecule has 144 valence electrons. The monoisotopic (exact) mass is 412 g/mol. The van der Waals surface area contributed by atoms with Gasteiger partial charge in [0.2, 0.25) is 5.91 Å². The molecule has 0 aliphatic heterocycles. The summed E-state index contributed by atoms with van der Waals surface area (Å²) in [5, 5.41) is 13.0. The largest absolute Gasteiger partial charge is 0.494 e. The average molecular weight is 413 g/mol. The summed E-state index contributed by atoms with van der Waals surface area (Å²) in [6.45, 7) is 8.07. The van der Waals surface area contributed by atoms with E-state index < -0.39 is 5.25 Å². The van der Waals surface area contributed by atoms with E-state index in [1.807, 2.05) is 45.0 Å². The molecule has 2 heterocycles. The minimum atomic E-state index is -0.424. The van der Waals surface area contributed by atoms with Crippen LogP contribution >= 0.6 is 23.1 Å². The molecule has 1 unspecified atom stereocenters. The fourth-order valence-electron chi connectivity index (χ4n) is 2.67. The van der Waals surface area contributed by atoms with Gasteiger partial charge >= 0.3 is 0 Å². The molecule has 3 rings (SSSR count). The first-order valence-electron chi connectivity index (χ1n) is 8.80. The van der Waals surface area contributed by atoms with Gasteiger partial charge in [-0.15, -0.1) is 0 Å². The van der Waals surface area contributed by atoms with Crippen LogP contribution in [0.15, 0.2) is 29.3 Å². The highest BCUT2D eigenvalue weighted by molar-refractivity contribution is 8.00. The number of pyridine rings is 1. The number of thioether (sulfide) groups is 1. The number of ether oxygens (including phenoxy) is 1. The Morgan fingerprint density at radius 1 is 1.36 bits per heavy atom. The van der Waals surface area contributed by atoms with E-state index in [0.717, 1.165) is 27.2 Å². The van der Waals surface area contributed by atoms with Gasteiger partial charge in [-0.05, 0) is 57.5 Å². The molecule has 1 aromatic carbocycles. The van der Waals surface area contributed by atoms with Crippen molar-refractivity contribution in [1.29, 1.82) is 5.26 Å². The van der Waals surface area contributed by atoms with Gasteiger partial charge in [-0.2, -0.15) is 5.26 Å². The molecule has 1 atom stereocenters. The lowest BCUT2D eigenvalue weighted by atomic mass is 10.1. The molecule has 0 fully saturated rings. The highest BCUT2D eigenvalue weighted by atomic mass is 32.2. The summed E-state index contributed by atoms with van der Waals surface area (Å²) in [5.41, 5.74) is 3.01. The second-order valence-electron chi connectivity index (χ2n) is 6.20. The quantitative estimate of drug-likeness (QED) is 0.591. The molecular formula is C20H20N4O2S2. The molecule has 0 bridgehead atoms. The van der Waals surface area contributed by atoms with Crippen LogP contribution in [0.5, 0.6) is 5.75 Å². The number of hydrogen-bond donors (Lipinski definition) is 1. The summed E-state index contributed by atoms with van der Waals surface area (Å²) in [6, 6.07) is 9.71. The molecule has 6 nitrogen and oxygen atoms in total. The van der Waals surface area contributed by atoms with Gasteiger partial charge in [0, 0.05) is 5.69 Å². The van der Waals surface area contributed by atoms with Crippen LogP contribution in [-0.2, 0) is 4.79 Å². The summed E-state index contributed by atoms with van der Waals surface area (Å²) >= 11 is 2.68. The Morgan fingerprint density at radius 3 is 2.86 bits per heavy atom. The van der Waals surface area contributed by atoms with Gasteiger partial charge in [0.05, 0.1) is 27.6 Å². The molecular weight excluding hydrogens is 392 g/mol. The summed E-state index contributed by atoms with van der Waals surface area (Å²) in [4.78, 5) is 21.5. The second kappa shape index (κ2) is 8.59. The minimum Gasteiger partial charge on any atom is -0.494 e. The molecule has 0 spiro atoms. The number of aryl methyl sites for hydroxylation is 2. The normalized spacial score (nSPS) is 11.8. The van der Waals surface area contributed by atoms with Crippen LogP contribution < -0.4 is 10.1 Å². The lowest BCUT2D eigenvalue weighted by molar-refractivity contribution is -0.115. The van der Waals surface area contributed by atoms with Crippen molar-refractivity contribution in [3.8, 4) is 11.8 Å². The zero-order valence-corrected chi connectivity index (χ0v) is 17.7. The number of aromatic nitrogens is 2. The summed E-state index contributed by atoms with van der Waals surface area (Å²) in [7, 11) is 0. The van der Waals surface area contributed by atoms with Crippen molar-refractivity contribution in [1.82, 2.24) is 9.97 Å². The molecule has 1 N–H and O–H groups in total. The van der Waals surface area contributed by atoms with Crippen molar-refractivity contribution in [3.63, 3.8) is 0 Å². The number of nitriles is 1. The van der Waals surface area contributed by atoms with Crippen LogP contribution in [0.2, 0.25) is 0 Å². The van der Waals surface area contributed by atoms with Gasteiger partial charge in [-0.1, -0.05) is 23.1 Å². The fourth-order valence-corrected chi connectivity index (χ4v) is 4.59. The van der Waals surface area contributed by atoms with Gasteiger partial charge in [-0.25, -0.2) is 9.97 Å². The summed E-state index contributed by atoms with van der Waals surface area (Å²) < 4.78 is 6.45. The highest BCUT2D eigenvalue weighted by Crippen LogP contribution is 2.31. The first-order valence-corrected chi connectivity index (χ1v) is 10.5. The Kier molecular flexibility index (Phi) is 6.17. The maximum Gasteiger partial charge on any atom is 0.239 e. The number of rotatable bonds is 6. The van der Waals surface area contributed by atoms with E-state index in [1.54, 1.807) is 6.92 Å². The average Bonchev–Trinajstić information content (AvgIpc) is 3.03. The van der Waals surface area contributed by atoms with Gasteiger partial charge in [0.25, 0.3) is 0 Å². The smallest absolute Gasteiger partial charge is 0.239 e. The van der Waals surface area contributed by atoms with Crippen molar-refractivity contribution in [2.75, 3.05) is 11.9 Å². The third kappa shape index (κ3) is 4.43. The lowest BCUT2D eigenvalue weighted by Gasteiger charge is -2.12. The van der Waals surface area contributed by atoms with E-state index in [2.05, 4.69) is 21.4 Å². The van der Waals surface area contributed by atoms with E-state index >= 15 is 0 Å². The highest BCUT2D eigenvalue weighted by Gasteiger charge is 2.20. The van der Waals surface area contributed by atoms with Crippen molar-refractivity contribution in [3.05, 3.63) is 41.1 Å². The third-order valence-electron chi connectivity index (χ3n) is 3.98. The summed E-state index contributed by atoms with van der Waals surface area (Å²) in [5.74, 6) is 0.601. The van der Waals surface area contributed by atoms with Crippen LogP contribution in [0.3, 0.4) is 0 Å². The lowest BCUT2D eigenvalue weighted by Crippen LogP contribution is -2.22. The molecule has 8 heteroatoms. The van der Waals surface area contributed by atoms with Crippen molar-refractivity contribution in [2.45, 2.75) is 38.0 Å². The number of thiazole rings is 1. The Bertz CT molecular complexity index is 1070. The number of nitrogens with one attached hydrogen (secondary N) is 1. The zero-order chi connectivity index (χ0) is 20.3.